The summed E-state index contributed by atoms with van der Waals surface area (Å²) in [4.78, 5) is 24.5. The summed E-state index contributed by atoms with van der Waals surface area (Å²) in [5, 5.41) is 0. The zero-order chi connectivity index (χ0) is 21.0. The quantitative estimate of drug-likeness (QED) is 0.363. The number of carbonyl (C=O) groups is 2. The van der Waals surface area contributed by atoms with E-state index in [4.69, 9.17) is 18.9 Å². The fourth-order valence-corrected chi connectivity index (χ4v) is 4.74. The van der Waals surface area contributed by atoms with Gasteiger partial charge < -0.3 is 18.9 Å². The van der Waals surface area contributed by atoms with Gasteiger partial charge in [0.2, 0.25) is 0 Å². The van der Waals surface area contributed by atoms with E-state index < -0.39 is 5.79 Å². The third-order valence-corrected chi connectivity index (χ3v) is 6.30. The van der Waals surface area contributed by atoms with Gasteiger partial charge >= 0.3 is 11.9 Å². The van der Waals surface area contributed by atoms with Crippen molar-refractivity contribution in [3.63, 3.8) is 0 Å². The number of rotatable bonds is 8. The number of carbonyl (C=O) groups excluding carboxylic acids is 2. The maximum atomic E-state index is 12.6. The van der Waals surface area contributed by atoms with Crippen molar-refractivity contribution in [2.24, 2.45) is 11.8 Å². The molecule has 4 atom stereocenters. The molecule has 6 heteroatoms. The highest BCUT2D eigenvalue weighted by molar-refractivity contribution is 5.89. The number of esters is 2. The lowest BCUT2D eigenvalue weighted by Gasteiger charge is -2.26. The van der Waals surface area contributed by atoms with Gasteiger partial charge in [0.15, 0.2) is 5.79 Å². The Labute approximate surface area is 177 Å². The molecular weight excluding hydrogens is 384 g/mol. The highest BCUT2D eigenvalue weighted by Gasteiger charge is 2.51. The van der Waals surface area contributed by atoms with Gasteiger partial charge in [-0.3, -0.25) is 4.79 Å². The molecule has 2 heterocycles. The Morgan fingerprint density at radius 1 is 1.20 bits per heavy atom. The fraction of sp³-hybridized carbons (Fsp3) is 0.583. The summed E-state index contributed by atoms with van der Waals surface area (Å²) in [5.74, 6) is -1.34. The minimum absolute atomic E-state index is 0.0106. The number of hydrogen-bond donors (Lipinski definition) is 0. The molecule has 0 bridgehead atoms. The number of unbranched alkanes of at least 4 members (excludes halogenated alkanes) is 2. The molecule has 0 aromatic heterocycles. The smallest absolute Gasteiger partial charge is 0.338 e. The molecule has 1 aliphatic carbocycles. The zero-order valence-corrected chi connectivity index (χ0v) is 17.5. The van der Waals surface area contributed by atoms with Gasteiger partial charge in [-0.05, 0) is 24.6 Å². The minimum atomic E-state index is -0.718. The van der Waals surface area contributed by atoms with E-state index >= 15 is 0 Å². The molecule has 1 saturated carbocycles. The van der Waals surface area contributed by atoms with Crippen molar-refractivity contribution in [2.75, 3.05) is 13.2 Å². The molecule has 0 spiro atoms. The van der Waals surface area contributed by atoms with Crippen LogP contribution in [0.15, 0.2) is 42.5 Å². The molecule has 2 aliphatic heterocycles. The van der Waals surface area contributed by atoms with E-state index in [1.807, 2.05) is 30.4 Å². The number of benzene rings is 1. The van der Waals surface area contributed by atoms with Gasteiger partial charge in [0, 0.05) is 24.7 Å². The minimum Gasteiger partial charge on any atom is -0.462 e. The highest BCUT2D eigenvalue weighted by Crippen LogP contribution is 2.44. The largest absolute Gasteiger partial charge is 0.462 e. The van der Waals surface area contributed by atoms with Crippen LogP contribution in [0.4, 0.5) is 0 Å². The molecule has 162 valence electrons. The third kappa shape index (κ3) is 4.60. The van der Waals surface area contributed by atoms with Gasteiger partial charge in [0.25, 0.3) is 0 Å². The van der Waals surface area contributed by atoms with E-state index in [1.54, 1.807) is 12.1 Å². The van der Waals surface area contributed by atoms with Crippen LogP contribution in [0.3, 0.4) is 0 Å². The Bertz CT molecular complexity index is 767. The monoisotopic (exact) mass is 414 g/mol. The van der Waals surface area contributed by atoms with Crippen molar-refractivity contribution >= 4 is 11.9 Å². The van der Waals surface area contributed by atoms with Crippen molar-refractivity contribution in [1.29, 1.82) is 0 Å². The van der Waals surface area contributed by atoms with E-state index in [1.165, 1.54) is 0 Å². The summed E-state index contributed by atoms with van der Waals surface area (Å²) in [6.45, 7) is 3.31. The standard InChI is InChI=1S/C24H30O6/c1-2-3-7-11-24(27-13-14-28-24)12-10-18-19-15-22(25)29-21(19)16-20(18)30-23(26)17-8-5-4-6-9-17/h4-6,8-10,12,18-21H,2-3,7,11,13-16H2,1H3/b12-10+/t18-,19-,20?,21?/m1/s1. The van der Waals surface area contributed by atoms with Crippen molar-refractivity contribution in [3.05, 3.63) is 48.0 Å². The summed E-state index contributed by atoms with van der Waals surface area (Å²) >= 11 is 0. The average Bonchev–Trinajstić information content (AvgIpc) is 3.43. The molecule has 3 aliphatic rings. The first-order chi connectivity index (χ1) is 14.6. The van der Waals surface area contributed by atoms with Crippen molar-refractivity contribution in [3.8, 4) is 0 Å². The predicted octanol–water partition coefficient (Wildman–Crippen LogP) is 4.04. The van der Waals surface area contributed by atoms with Gasteiger partial charge in [0.1, 0.15) is 12.2 Å². The second kappa shape index (κ2) is 9.31. The molecule has 2 saturated heterocycles. The number of fused-ring (bicyclic) bond motifs is 1. The molecule has 2 unspecified atom stereocenters. The lowest BCUT2D eigenvalue weighted by atomic mass is 9.90. The van der Waals surface area contributed by atoms with Crippen LogP contribution in [0.1, 0.15) is 55.8 Å². The fourth-order valence-electron chi connectivity index (χ4n) is 4.74. The van der Waals surface area contributed by atoms with Crippen LogP contribution in [-0.4, -0.2) is 43.1 Å². The first-order valence-electron chi connectivity index (χ1n) is 11.0. The van der Waals surface area contributed by atoms with Crippen LogP contribution in [0.2, 0.25) is 0 Å². The molecule has 30 heavy (non-hydrogen) atoms. The van der Waals surface area contributed by atoms with E-state index in [-0.39, 0.29) is 36.0 Å². The van der Waals surface area contributed by atoms with Gasteiger partial charge in [-0.25, -0.2) is 4.79 Å². The van der Waals surface area contributed by atoms with Gasteiger partial charge in [0.05, 0.1) is 25.2 Å². The number of ether oxygens (including phenoxy) is 4. The number of hydrogen-bond acceptors (Lipinski definition) is 6. The van der Waals surface area contributed by atoms with Crippen LogP contribution >= 0.6 is 0 Å². The SMILES string of the molecule is CCCCCC1(/C=C/[C@H]2C(OC(=O)c3ccccc3)CC3OC(=O)C[C@@H]32)OCCO1. The van der Waals surface area contributed by atoms with E-state index in [0.29, 0.717) is 31.6 Å². The van der Waals surface area contributed by atoms with Gasteiger partial charge in [-0.2, -0.15) is 0 Å². The first kappa shape index (κ1) is 21.1. The second-order valence-electron chi connectivity index (χ2n) is 8.34. The van der Waals surface area contributed by atoms with Gasteiger partial charge in [-0.1, -0.05) is 44.0 Å². The summed E-state index contributed by atoms with van der Waals surface area (Å²) in [7, 11) is 0. The van der Waals surface area contributed by atoms with Crippen LogP contribution in [-0.2, 0) is 23.7 Å². The lowest BCUT2D eigenvalue weighted by molar-refractivity contribution is -0.141. The maximum absolute atomic E-state index is 12.6. The molecule has 0 N–H and O–H groups in total. The maximum Gasteiger partial charge on any atom is 0.338 e. The van der Waals surface area contributed by atoms with Crippen LogP contribution < -0.4 is 0 Å². The highest BCUT2D eigenvalue weighted by atomic mass is 16.7. The Balaban J connectivity index is 1.50. The molecule has 4 rings (SSSR count). The third-order valence-electron chi connectivity index (χ3n) is 6.30. The Hall–Kier alpha value is -2.18. The summed E-state index contributed by atoms with van der Waals surface area (Å²) < 4.78 is 23.2. The second-order valence-corrected chi connectivity index (χ2v) is 8.34. The Morgan fingerprint density at radius 2 is 1.97 bits per heavy atom. The van der Waals surface area contributed by atoms with Crippen LogP contribution in [0.25, 0.3) is 0 Å². The Morgan fingerprint density at radius 3 is 2.70 bits per heavy atom. The average molecular weight is 414 g/mol. The first-order valence-corrected chi connectivity index (χ1v) is 11.0. The topological polar surface area (TPSA) is 71.1 Å². The van der Waals surface area contributed by atoms with Crippen LogP contribution in [0.5, 0.6) is 0 Å². The molecule has 6 nitrogen and oxygen atoms in total. The summed E-state index contributed by atoms with van der Waals surface area (Å²) in [6.07, 6.45) is 8.40. The molecule has 1 aromatic rings. The zero-order valence-electron chi connectivity index (χ0n) is 17.5. The molecule has 1 aromatic carbocycles. The van der Waals surface area contributed by atoms with Crippen LogP contribution in [0, 0.1) is 11.8 Å². The van der Waals surface area contributed by atoms with Gasteiger partial charge in [-0.15, -0.1) is 0 Å². The molecule has 0 radical (unpaired) electrons. The molecular formula is C24H30O6. The molecule has 0 amide bonds. The van der Waals surface area contributed by atoms with E-state index in [0.717, 1.165) is 25.7 Å². The predicted molar refractivity (Wildman–Crippen MR) is 110 cm³/mol. The van der Waals surface area contributed by atoms with E-state index in [2.05, 4.69) is 6.92 Å². The van der Waals surface area contributed by atoms with Crippen molar-refractivity contribution < 1.29 is 28.5 Å². The Kier molecular flexibility index (Phi) is 6.54. The van der Waals surface area contributed by atoms with E-state index in [9.17, 15) is 9.59 Å². The normalized spacial score (nSPS) is 29.8. The summed E-state index contributed by atoms with van der Waals surface area (Å²) in [6, 6.07) is 8.97. The van der Waals surface area contributed by atoms with Crippen molar-refractivity contribution in [1.82, 2.24) is 0 Å². The van der Waals surface area contributed by atoms with Crippen molar-refractivity contribution in [2.45, 2.75) is 63.4 Å². The lowest BCUT2D eigenvalue weighted by Crippen LogP contribution is -2.29. The summed E-state index contributed by atoms with van der Waals surface area (Å²) in [5.41, 5.74) is 0.521. The molecule has 3 fully saturated rings.